The first-order valence-electron chi connectivity index (χ1n) is 6.10. The summed E-state index contributed by atoms with van der Waals surface area (Å²) in [5.41, 5.74) is 9.12. The first-order valence-corrected chi connectivity index (χ1v) is 6.48. The predicted octanol–water partition coefficient (Wildman–Crippen LogP) is 3.95. The molecule has 2 N–H and O–H groups in total. The Labute approximate surface area is 121 Å². The summed E-state index contributed by atoms with van der Waals surface area (Å²) in [7, 11) is 0. The van der Waals surface area contributed by atoms with Crippen LogP contribution in [-0.4, -0.2) is 10.1 Å². The van der Waals surface area contributed by atoms with Gasteiger partial charge in [-0.1, -0.05) is 41.0 Å². The standard InChI is InChI=1S/C15H12ClN3O/c1-9-4-2-3-5-11(9)14-18-15(20-19-14)12-8-10(16)6-7-13(12)17/h2-8H,17H2,1H3. The monoisotopic (exact) mass is 285 g/mol. The molecule has 0 saturated heterocycles. The minimum absolute atomic E-state index is 0.364. The molecule has 0 aliphatic carbocycles. The smallest absolute Gasteiger partial charge is 0.260 e. The van der Waals surface area contributed by atoms with Crippen molar-refractivity contribution in [2.75, 3.05) is 5.73 Å². The molecule has 0 amide bonds. The lowest BCUT2D eigenvalue weighted by molar-refractivity contribution is 0.432. The molecule has 3 rings (SSSR count). The average Bonchev–Trinajstić information content (AvgIpc) is 2.91. The van der Waals surface area contributed by atoms with Gasteiger partial charge in [-0.15, -0.1) is 0 Å². The molecule has 0 unspecified atom stereocenters. The molecular formula is C15H12ClN3O. The summed E-state index contributed by atoms with van der Waals surface area (Å²) >= 11 is 5.97. The number of hydrogen-bond donors (Lipinski definition) is 1. The third kappa shape index (κ3) is 2.26. The van der Waals surface area contributed by atoms with E-state index in [9.17, 15) is 0 Å². The molecule has 5 heteroatoms. The van der Waals surface area contributed by atoms with Crippen molar-refractivity contribution >= 4 is 17.3 Å². The maximum Gasteiger partial charge on any atom is 0.260 e. The van der Waals surface area contributed by atoms with Crippen LogP contribution in [0.2, 0.25) is 5.02 Å². The van der Waals surface area contributed by atoms with Crippen molar-refractivity contribution < 1.29 is 4.52 Å². The molecule has 0 atom stereocenters. The number of benzene rings is 2. The van der Waals surface area contributed by atoms with E-state index in [0.29, 0.717) is 28.0 Å². The number of aromatic nitrogens is 2. The first kappa shape index (κ1) is 12.7. The number of nitrogens with zero attached hydrogens (tertiary/aromatic N) is 2. The number of nitrogens with two attached hydrogens (primary N) is 1. The highest BCUT2D eigenvalue weighted by Gasteiger charge is 2.14. The van der Waals surface area contributed by atoms with Crippen LogP contribution >= 0.6 is 11.6 Å². The van der Waals surface area contributed by atoms with Crippen molar-refractivity contribution in [3.05, 3.63) is 53.1 Å². The molecule has 0 radical (unpaired) electrons. The van der Waals surface area contributed by atoms with Crippen LogP contribution in [0.3, 0.4) is 0 Å². The number of rotatable bonds is 2. The molecule has 0 saturated carbocycles. The Morgan fingerprint density at radius 2 is 1.90 bits per heavy atom. The molecule has 3 aromatic rings. The molecule has 2 aromatic carbocycles. The van der Waals surface area contributed by atoms with Crippen LogP contribution in [0.4, 0.5) is 5.69 Å². The van der Waals surface area contributed by atoms with Crippen LogP contribution in [0.5, 0.6) is 0 Å². The molecule has 1 aromatic heterocycles. The van der Waals surface area contributed by atoms with Gasteiger partial charge in [-0.2, -0.15) is 4.98 Å². The van der Waals surface area contributed by atoms with Gasteiger partial charge in [0, 0.05) is 16.3 Å². The van der Waals surface area contributed by atoms with Crippen LogP contribution in [0.1, 0.15) is 5.56 Å². The quantitative estimate of drug-likeness (QED) is 0.724. The second kappa shape index (κ2) is 4.98. The lowest BCUT2D eigenvalue weighted by Gasteiger charge is -2.00. The predicted molar refractivity (Wildman–Crippen MR) is 79.3 cm³/mol. The SMILES string of the molecule is Cc1ccccc1-c1noc(-c2cc(Cl)ccc2N)n1. The van der Waals surface area contributed by atoms with Crippen LogP contribution in [0.15, 0.2) is 47.0 Å². The van der Waals surface area contributed by atoms with Gasteiger partial charge in [0.05, 0.1) is 5.56 Å². The van der Waals surface area contributed by atoms with E-state index < -0.39 is 0 Å². The van der Waals surface area contributed by atoms with Crippen LogP contribution in [0.25, 0.3) is 22.8 Å². The highest BCUT2D eigenvalue weighted by Crippen LogP contribution is 2.29. The Kier molecular flexibility index (Phi) is 3.16. The number of nitrogen functional groups attached to an aromatic ring is 1. The van der Waals surface area contributed by atoms with E-state index in [1.807, 2.05) is 31.2 Å². The molecule has 0 fully saturated rings. The lowest BCUT2D eigenvalue weighted by Crippen LogP contribution is -1.90. The van der Waals surface area contributed by atoms with Gasteiger partial charge in [-0.05, 0) is 30.7 Å². The summed E-state index contributed by atoms with van der Waals surface area (Å²) in [5, 5.41) is 4.58. The van der Waals surface area contributed by atoms with Gasteiger partial charge in [0.25, 0.3) is 5.89 Å². The Morgan fingerprint density at radius 3 is 2.70 bits per heavy atom. The number of aryl methyl sites for hydroxylation is 1. The van der Waals surface area contributed by atoms with Gasteiger partial charge in [0.1, 0.15) is 0 Å². The van der Waals surface area contributed by atoms with Crippen molar-refractivity contribution in [1.29, 1.82) is 0 Å². The highest BCUT2D eigenvalue weighted by molar-refractivity contribution is 6.31. The molecule has 1 heterocycles. The number of halogens is 1. The molecule has 0 aliphatic rings. The summed E-state index contributed by atoms with van der Waals surface area (Å²) in [5.74, 6) is 0.903. The molecular weight excluding hydrogens is 274 g/mol. The normalized spacial score (nSPS) is 10.7. The van der Waals surface area contributed by atoms with Gasteiger partial charge in [0.15, 0.2) is 0 Å². The van der Waals surface area contributed by atoms with Gasteiger partial charge in [-0.3, -0.25) is 0 Å². The number of hydrogen-bond acceptors (Lipinski definition) is 4. The Balaban J connectivity index is 2.07. The first-order chi connectivity index (χ1) is 9.65. The summed E-state index contributed by atoms with van der Waals surface area (Å²) in [6.45, 7) is 2.00. The van der Waals surface area contributed by atoms with E-state index in [-0.39, 0.29) is 0 Å². The zero-order valence-corrected chi connectivity index (χ0v) is 11.6. The summed E-state index contributed by atoms with van der Waals surface area (Å²) in [6.07, 6.45) is 0. The zero-order valence-electron chi connectivity index (χ0n) is 10.8. The lowest BCUT2D eigenvalue weighted by atomic mass is 10.1. The second-order valence-corrected chi connectivity index (χ2v) is 4.91. The van der Waals surface area contributed by atoms with Crippen molar-refractivity contribution in [1.82, 2.24) is 10.1 Å². The van der Waals surface area contributed by atoms with Crippen LogP contribution < -0.4 is 5.73 Å². The highest BCUT2D eigenvalue weighted by atomic mass is 35.5. The fraction of sp³-hybridized carbons (Fsp3) is 0.0667. The van der Waals surface area contributed by atoms with Gasteiger partial charge < -0.3 is 10.3 Å². The summed E-state index contributed by atoms with van der Waals surface area (Å²) in [6, 6.07) is 13.0. The third-order valence-electron chi connectivity index (χ3n) is 3.06. The Morgan fingerprint density at radius 1 is 1.10 bits per heavy atom. The third-order valence-corrected chi connectivity index (χ3v) is 3.29. The minimum atomic E-state index is 0.364. The topological polar surface area (TPSA) is 64.9 Å². The largest absolute Gasteiger partial charge is 0.398 e. The molecule has 0 aliphatic heterocycles. The summed E-state index contributed by atoms with van der Waals surface area (Å²) < 4.78 is 5.30. The maximum atomic E-state index is 5.97. The fourth-order valence-electron chi connectivity index (χ4n) is 1.98. The van der Waals surface area contributed by atoms with Crippen molar-refractivity contribution in [2.45, 2.75) is 6.92 Å². The van der Waals surface area contributed by atoms with E-state index >= 15 is 0 Å². The molecule has 0 bridgehead atoms. The van der Waals surface area contributed by atoms with Crippen molar-refractivity contribution in [3.8, 4) is 22.8 Å². The van der Waals surface area contributed by atoms with E-state index in [2.05, 4.69) is 10.1 Å². The average molecular weight is 286 g/mol. The van der Waals surface area contributed by atoms with Gasteiger partial charge >= 0.3 is 0 Å². The molecule has 20 heavy (non-hydrogen) atoms. The second-order valence-electron chi connectivity index (χ2n) is 4.47. The molecule has 4 nitrogen and oxygen atoms in total. The van der Waals surface area contributed by atoms with Crippen molar-refractivity contribution in [2.24, 2.45) is 0 Å². The van der Waals surface area contributed by atoms with E-state index in [1.54, 1.807) is 18.2 Å². The maximum absolute atomic E-state index is 5.97. The Bertz CT molecular complexity index is 767. The van der Waals surface area contributed by atoms with Gasteiger partial charge in [0.2, 0.25) is 5.82 Å². The summed E-state index contributed by atoms with van der Waals surface area (Å²) in [4.78, 5) is 4.40. The Hall–Kier alpha value is -2.33. The van der Waals surface area contributed by atoms with Gasteiger partial charge in [-0.25, -0.2) is 0 Å². The number of anilines is 1. The zero-order chi connectivity index (χ0) is 14.1. The van der Waals surface area contributed by atoms with E-state index in [4.69, 9.17) is 21.9 Å². The minimum Gasteiger partial charge on any atom is -0.398 e. The van der Waals surface area contributed by atoms with E-state index in [0.717, 1.165) is 11.1 Å². The fourth-order valence-corrected chi connectivity index (χ4v) is 2.15. The van der Waals surface area contributed by atoms with Crippen LogP contribution in [-0.2, 0) is 0 Å². The molecule has 100 valence electrons. The van der Waals surface area contributed by atoms with Crippen molar-refractivity contribution in [3.63, 3.8) is 0 Å². The van der Waals surface area contributed by atoms with Crippen LogP contribution in [0, 0.1) is 6.92 Å². The van der Waals surface area contributed by atoms with E-state index in [1.165, 1.54) is 0 Å². The molecule has 0 spiro atoms.